The van der Waals surface area contributed by atoms with Gasteiger partial charge in [0.25, 0.3) is 0 Å². The van der Waals surface area contributed by atoms with Crippen molar-refractivity contribution in [1.82, 2.24) is 25.1 Å². The molecule has 2 aromatic rings. The van der Waals surface area contributed by atoms with Gasteiger partial charge in [0.15, 0.2) is 11.5 Å². The van der Waals surface area contributed by atoms with Crippen LogP contribution in [0.4, 0.5) is 4.79 Å². The fraction of sp³-hybridized carbons (Fsp3) is 0.448. The minimum absolute atomic E-state index is 0.127. The SMILES string of the molecule is CCC.COc1ccc(CCN2CC3N(CC2=O)C(=O)CN(CC#N)N3C(=O)NCc2ccccc2)cc1OC. The number of rotatable bonds is 8. The first kappa shape index (κ1) is 30.2. The number of nitriles is 1. The number of hydrogen-bond acceptors (Lipinski definition) is 7. The van der Waals surface area contributed by atoms with Crippen LogP contribution in [-0.4, -0.2) is 90.8 Å². The van der Waals surface area contributed by atoms with E-state index in [1.807, 2.05) is 54.6 Å². The van der Waals surface area contributed by atoms with E-state index in [-0.39, 0.29) is 38.0 Å². The van der Waals surface area contributed by atoms with Crippen LogP contribution in [0.15, 0.2) is 48.5 Å². The van der Waals surface area contributed by atoms with Crippen LogP contribution in [0.5, 0.6) is 11.5 Å². The second-order valence-electron chi connectivity index (χ2n) is 9.46. The lowest BCUT2D eigenvalue weighted by Crippen LogP contribution is -2.74. The first-order valence-corrected chi connectivity index (χ1v) is 13.4. The Bertz CT molecular complexity index is 1200. The molecule has 0 saturated carbocycles. The highest BCUT2D eigenvalue weighted by Gasteiger charge is 2.46. The van der Waals surface area contributed by atoms with Crippen molar-refractivity contribution in [2.75, 3.05) is 46.9 Å². The summed E-state index contributed by atoms with van der Waals surface area (Å²) in [6, 6.07) is 16.6. The molecule has 1 N–H and O–H groups in total. The Labute approximate surface area is 235 Å². The molecule has 2 fully saturated rings. The van der Waals surface area contributed by atoms with Crippen LogP contribution in [0.1, 0.15) is 31.4 Å². The molecule has 40 heavy (non-hydrogen) atoms. The summed E-state index contributed by atoms with van der Waals surface area (Å²) in [5.41, 5.74) is 1.87. The van der Waals surface area contributed by atoms with Crippen molar-refractivity contribution in [3.8, 4) is 17.6 Å². The maximum absolute atomic E-state index is 13.3. The maximum Gasteiger partial charge on any atom is 0.334 e. The molecule has 0 bridgehead atoms. The monoisotopic (exact) mass is 550 g/mol. The first-order valence-electron chi connectivity index (χ1n) is 13.4. The lowest BCUT2D eigenvalue weighted by molar-refractivity contribution is -0.180. The van der Waals surface area contributed by atoms with E-state index in [1.54, 1.807) is 19.1 Å². The summed E-state index contributed by atoms with van der Waals surface area (Å²) in [7, 11) is 3.13. The summed E-state index contributed by atoms with van der Waals surface area (Å²) in [5.74, 6) is 0.734. The zero-order valence-corrected chi connectivity index (χ0v) is 23.6. The van der Waals surface area contributed by atoms with Crippen LogP contribution in [0.2, 0.25) is 0 Å². The molecule has 11 nitrogen and oxygen atoms in total. The second kappa shape index (κ2) is 14.7. The number of fused-ring (bicyclic) bond motifs is 1. The van der Waals surface area contributed by atoms with E-state index in [4.69, 9.17) is 9.47 Å². The number of nitrogens with one attached hydrogen (secondary N) is 1. The minimum atomic E-state index is -0.714. The van der Waals surface area contributed by atoms with Crippen LogP contribution in [0.25, 0.3) is 0 Å². The van der Waals surface area contributed by atoms with Crippen molar-refractivity contribution >= 4 is 17.8 Å². The van der Waals surface area contributed by atoms with Crippen LogP contribution >= 0.6 is 0 Å². The Morgan fingerprint density at radius 1 is 1.00 bits per heavy atom. The third-order valence-electron chi connectivity index (χ3n) is 6.49. The Balaban J connectivity index is 0.00000141. The van der Waals surface area contributed by atoms with E-state index in [0.29, 0.717) is 31.0 Å². The third kappa shape index (κ3) is 7.42. The quantitative estimate of drug-likeness (QED) is 0.502. The molecule has 2 heterocycles. The molecule has 0 aliphatic carbocycles. The summed E-state index contributed by atoms with van der Waals surface area (Å²) >= 11 is 0. The van der Waals surface area contributed by atoms with Crippen molar-refractivity contribution < 1.29 is 23.9 Å². The van der Waals surface area contributed by atoms with Crippen molar-refractivity contribution in [1.29, 1.82) is 5.26 Å². The van der Waals surface area contributed by atoms with Crippen LogP contribution in [0.3, 0.4) is 0 Å². The molecule has 2 aliphatic heterocycles. The summed E-state index contributed by atoms with van der Waals surface area (Å²) in [6.45, 7) is 4.66. The standard InChI is InChI=1S/C26H30N6O5.C3H8/c1-36-21-9-8-19(14-22(21)37-2)10-12-29-16-23-31(18-24(29)33)25(34)17-30(13-11-27)32(23)26(35)28-15-20-6-4-3-5-7-20;1-3-2/h3-9,14,23H,10,12-13,15-18H2,1-2H3,(H,28,35);3H2,1-2H3. The van der Waals surface area contributed by atoms with Gasteiger partial charge in [-0.3, -0.25) is 9.59 Å². The van der Waals surface area contributed by atoms with Gasteiger partial charge in [0.2, 0.25) is 11.8 Å². The fourth-order valence-corrected chi connectivity index (χ4v) is 4.57. The minimum Gasteiger partial charge on any atom is -0.493 e. The van der Waals surface area contributed by atoms with Crippen LogP contribution < -0.4 is 14.8 Å². The van der Waals surface area contributed by atoms with Gasteiger partial charge < -0.3 is 24.6 Å². The van der Waals surface area contributed by atoms with Crippen LogP contribution in [-0.2, 0) is 22.6 Å². The van der Waals surface area contributed by atoms with Crippen molar-refractivity contribution in [3.05, 3.63) is 59.7 Å². The topological polar surface area (TPSA) is 118 Å². The summed E-state index contributed by atoms with van der Waals surface area (Å²) < 4.78 is 10.7. The molecule has 1 unspecified atom stereocenters. The lowest BCUT2D eigenvalue weighted by atomic mass is 10.1. The van der Waals surface area contributed by atoms with Gasteiger partial charge in [-0.15, -0.1) is 0 Å². The van der Waals surface area contributed by atoms with E-state index in [1.165, 1.54) is 21.3 Å². The van der Waals surface area contributed by atoms with Gasteiger partial charge in [0.05, 0.1) is 33.4 Å². The zero-order chi connectivity index (χ0) is 29.1. The van der Waals surface area contributed by atoms with E-state index in [2.05, 4.69) is 19.2 Å². The number of piperazine rings is 1. The first-order chi connectivity index (χ1) is 19.4. The molecule has 0 spiro atoms. The Morgan fingerprint density at radius 3 is 2.35 bits per heavy atom. The molecule has 4 rings (SSSR count). The number of benzene rings is 2. The molecule has 214 valence electrons. The van der Waals surface area contributed by atoms with Gasteiger partial charge in [-0.2, -0.15) is 10.3 Å². The van der Waals surface area contributed by atoms with Gasteiger partial charge in [-0.05, 0) is 29.7 Å². The van der Waals surface area contributed by atoms with Gasteiger partial charge in [0.1, 0.15) is 19.3 Å². The van der Waals surface area contributed by atoms with E-state index >= 15 is 0 Å². The largest absolute Gasteiger partial charge is 0.493 e. The lowest BCUT2D eigenvalue weighted by Gasteiger charge is -2.51. The number of carbonyl (C=O) groups excluding carboxylic acids is 3. The van der Waals surface area contributed by atoms with Gasteiger partial charge in [-0.25, -0.2) is 9.80 Å². The van der Waals surface area contributed by atoms with Gasteiger partial charge >= 0.3 is 6.03 Å². The highest BCUT2D eigenvalue weighted by atomic mass is 16.5. The number of urea groups is 1. The van der Waals surface area contributed by atoms with Crippen molar-refractivity contribution in [2.24, 2.45) is 0 Å². The Hall–Kier alpha value is -4.30. The fourth-order valence-electron chi connectivity index (χ4n) is 4.57. The van der Waals surface area contributed by atoms with Crippen molar-refractivity contribution in [2.45, 2.75) is 39.4 Å². The number of nitrogens with zero attached hydrogens (tertiary/aromatic N) is 5. The predicted molar refractivity (Wildman–Crippen MR) is 149 cm³/mol. The normalized spacial score (nSPS) is 16.9. The van der Waals surface area contributed by atoms with E-state index < -0.39 is 12.2 Å². The Morgan fingerprint density at radius 2 is 1.70 bits per heavy atom. The Kier molecular flexibility index (Phi) is 11.1. The number of amides is 4. The molecule has 2 aliphatic rings. The number of carbonyl (C=O) groups is 3. The van der Waals surface area contributed by atoms with Crippen molar-refractivity contribution in [3.63, 3.8) is 0 Å². The summed E-state index contributed by atoms with van der Waals surface area (Å²) in [6.07, 6.45) is 1.09. The maximum atomic E-state index is 13.3. The highest BCUT2D eigenvalue weighted by molar-refractivity contribution is 5.89. The molecular formula is C29H38N6O5. The van der Waals surface area contributed by atoms with Gasteiger partial charge in [0, 0.05) is 13.1 Å². The average molecular weight is 551 g/mol. The molecule has 0 aromatic heterocycles. The summed E-state index contributed by atoms with van der Waals surface area (Å²) in [4.78, 5) is 42.2. The molecule has 11 heteroatoms. The molecule has 4 amide bonds. The van der Waals surface area contributed by atoms with Gasteiger partial charge in [-0.1, -0.05) is 56.7 Å². The number of methoxy groups -OCH3 is 2. The zero-order valence-electron chi connectivity index (χ0n) is 23.6. The third-order valence-corrected chi connectivity index (χ3v) is 6.49. The molecular weight excluding hydrogens is 512 g/mol. The average Bonchev–Trinajstić information content (AvgIpc) is 2.96. The summed E-state index contributed by atoms with van der Waals surface area (Å²) in [5, 5.41) is 15.1. The smallest absolute Gasteiger partial charge is 0.334 e. The molecule has 0 radical (unpaired) electrons. The predicted octanol–water partition coefficient (Wildman–Crippen LogP) is 2.63. The number of ether oxygens (including phenoxy) is 2. The molecule has 2 saturated heterocycles. The number of hydrogen-bond donors (Lipinski definition) is 1. The molecule has 1 atom stereocenters. The number of hydrazine groups is 1. The second-order valence-corrected chi connectivity index (χ2v) is 9.46. The highest BCUT2D eigenvalue weighted by Crippen LogP contribution is 2.28. The van der Waals surface area contributed by atoms with E-state index in [9.17, 15) is 19.6 Å². The van der Waals surface area contributed by atoms with Crippen LogP contribution in [0, 0.1) is 11.3 Å². The molecule has 2 aromatic carbocycles. The van der Waals surface area contributed by atoms with E-state index in [0.717, 1.165) is 11.1 Å².